The number of carbonyl (C=O) groups excluding carboxylic acids is 1. The van der Waals surface area contributed by atoms with Gasteiger partial charge in [0.1, 0.15) is 22.8 Å². The topological polar surface area (TPSA) is 126 Å². The van der Waals surface area contributed by atoms with Gasteiger partial charge in [0.2, 0.25) is 0 Å². The summed E-state index contributed by atoms with van der Waals surface area (Å²) in [5.74, 6) is -3.61. The van der Waals surface area contributed by atoms with Crippen LogP contribution in [0.15, 0.2) is 46.4 Å². The van der Waals surface area contributed by atoms with E-state index in [2.05, 4.69) is 5.32 Å². The number of sulfone groups is 1. The summed E-state index contributed by atoms with van der Waals surface area (Å²) in [4.78, 5) is 11.4. The maximum Gasteiger partial charge on any atom is 0.501 e. The summed E-state index contributed by atoms with van der Waals surface area (Å²) in [6.07, 6.45) is 0.920. The van der Waals surface area contributed by atoms with Crippen molar-refractivity contribution in [2.75, 3.05) is 0 Å². The van der Waals surface area contributed by atoms with Crippen LogP contribution in [-0.4, -0.2) is 48.5 Å². The molecule has 3 aliphatic carbocycles. The summed E-state index contributed by atoms with van der Waals surface area (Å²) in [5.41, 5.74) is -8.02. The first-order chi connectivity index (χ1) is 16.4. The van der Waals surface area contributed by atoms with Crippen LogP contribution >= 0.6 is 0 Å². The number of nitriles is 1. The maximum atomic E-state index is 14.2. The quantitative estimate of drug-likeness (QED) is 0.521. The van der Waals surface area contributed by atoms with E-state index in [1.54, 1.807) is 26.8 Å². The van der Waals surface area contributed by atoms with Crippen molar-refractivity contribution in [2.24, 2.45) is 11.8 Å². The van der Waals surface area contributed by atoms with Gasteiger partial charge in [0.15, 0.2) is 0 Å². The molecule has 0 aliphatic heterocycles. The van der Waals surface area contributed by atoms with E-state index in [-0.39, 0.29) is 24.2 Å². The molecule has 198 valence electrons. The summed E-state index contributed by atoms with van der Waals surface area (Å²) < 4.78 is 90.2. The minimum Gasteiger partial charge on any atom is -0.487 e. The number of allylic oxidation sites excluding steroid dienone is 4. The van der Waals surface area contributed by atoms with Crippen molar-refractivity contribution in [3.8, 4) is 6.07 Å². The van der Waals surface area contributed by atoms with E-state index in [9.17, 15) is 41.1 Å². The Bertz CT molecular complexity index is 1210. The Morgan fingerprint density at radius 2 is 1.89 bits per heavy atom. The first-order valence-corrected chi connectivity index (χ1v) is 12.4. The summed E-state index contributed by atoms with van der Waals surface area (Å²) in [7, 11) is -5.83. The summed E-state index contributed by atoms with van der Waals surface area (Å²) in [6, 6.07) is 0.717. The predicted molar refractivity (Wildman–Crippen MR) is 119 cm³/mol. The zero-order chi connectivity index (χ0) is 27.3. The number of fused-ring (bicyclic) bond motifs is 1. The third-order valence-electron chi connectivity index (χ3n) is 5.89. The highest BCUT2D eigenvalue weighted by Crippen LogP contribution is 2.50. The second-order valence-electron chi connectivity index (χ2n) is 10.1. The molecule has 0 spiro atoms. The van der Waals surface area contributed by atoms with E-state index < -0.39 is 67.4 Å². The molecule has 1 saturated carbocycles. The highest BCUT2D eigenvalue weighted by Gasteiger charge is 2.58. The number of nitrogens with zero attached hydrogens (tertiary/aromatic N) is 1. The van der Waals surface area contributed by atoms with Crippen LogP contribution in [0, 0.1) is 23.2 Å². The molecule has 0 heterocycles. The third-order valence-corrected chi connectivity index (χ3v) is 7.53. The van der Waals surface area contributed by atoms with Crippen LogP contribution < -0.4 is 5.32 Å². The Labute approximate surface area is 205 Å². The number of ether oxygens (including phenoxy) is 2. The highest BCUT2D eigenvalue weighted by molar-refractivity contribution is 7.96. The van der Waals surface area contributed by atoms with Crippen molar-refractivity contribution < 1.29 is 45.4 Å². The van der Waals surface area contributed by atoms with Crippen LogP contribution in [0.1, 0.15) is 40.5 Å². The van der Waals surface area contributed by atoms with Crippen LogP contribution in [0.4, 0.5) is 22.4 Å². The normalized spacial score (nSPS) is 30.7. The van der Waals surface area contributed by atoms with Gasteiger partial charge in [-0.3, -0.25) is 0 Å². The van der Waals surface area contributed by atoms with Gasteiger partial charge < -0.3 is 19.9 Å². The minimum absolute atomic E-state index is 0.0417. The number of rotatable bonds is 4. The molecule has 1 fully saturated rings. The molecular formula is C23H26F4N2O6S. The average molecular weight is 535 g/mol. The first kappa shape index (κ1) is 27.7. The van der Waals surface area contributed by atoms with Crippen LogP contribution in [0.25, 0.3) is 0 Å². The number of amides is 1. The zero-order valence-corrected chi connectivity index (χ0v) is 20.7. The van der Waals surface area contributed by atoms with E-state index in [1.165, 1.54) is 13.0 Å². The Morgan fingerprint density at radius 1 is 1.25 bits per heavy atom. The van der Waals surface area contributed by atoms with Crippen LogP contribution in [0.2, 0.25) is 0 Å². The van der Waals surface area contributed by atoms with Gasteiger partial charge in [-0.05, 0) is 58.4 Å². The molecule has 3 rings (SSSR count). The van der Waals surface area contributed by atoms with Crippen molar-refractivity contribution in [2.45, 2.75) is 69.4 Å². The van der Waals surface area contributed by atoms with E-state index >= 15 is 0 Å². The second kappa shape index (κ2) is 9.23. The van der Waals surface area contributed by atoms with Crippen molar-refractivity contribution >= 4 is 15.9 Å². The fourth-order valence-electron chi connectivity index (χ4n) is 4.66. The van der Waals surface area contributed by atoms with Crippen molar-refractivity contribution in [1.29, 1.82) is 5.26 Å². The standard InChI is InChI=1S/C23H26F4N2O6S/c1-21(2,3)35-20(31)29-14-8-15(30)19-17(36(32,33)23(25,26)27)6-5-16(18(14)19)34-22(4)9-12(11-28)7-13(24)10-22/h5-7,9,14-15,18-19,30H,8,10H2,1-4H3,(H,29,31)/t14-,15?,18?,19?,22?/m0/s1. The largest absolute Gasteiger partial charge is 0.501 e. The molecule has 0 aromatic rings. The lowest BCUT2D eigenvalue weighted by molar-refractivity contribution is -0.0434. The van der Waals surface area contributed by atoms with Gasteiger partial charge in [-0.25, -0.2) is 17.6 Å². The van der Waals surface area contributed by atoms with Crippen molar-refractivity contribution in [1.82, 2.24) is 5.32 Å². The molecule has 1 amide bonds. The molecule has 4 unspecified atom stereocenters. The average Bonchev–Trinajstić information content (AvgIpc) is 3.01. The Balaban J connectivity index is 2.05. The van der Waals surface area contributed by atoms with E-state index in [0.29, 0.717) is 6.08 Å². The first-order valence-electron chi connectivity index (χ1n) is 11.0. The van der Waals surface area contributed by atoms with Gasteiger partial charge in [-0.1, -0.05) is 0 Å². The molecule has 2 N–H and O–H groups in total. The molecule has 0 bridgehead atoms. The van der Waals surface area contributed by atoms with Crippen molar-refractivity contribution in [3.05, 3.63) is 46.4 Å². The van der Waals surface area contributed by atoms with Gasteiger partial charge >= 0.3 is 11.6 Å². The number of nitrogens with one attached hydrogen (secondary N) is 1. The molecule has 0 aromatic carbocycles. The Morgan fingerprint density at radius 3 is 2.44 bits per heavy atom. The van der Waals surface area contributed by atoms with Gasteiger partial charge in [0, 0.05) is 24.3 Å². The SMILES string of the molecule is CC(C)(C)OC(=O)N[C@H]1CC(O)C2C(S(=O)(=O)C(F)(F)F)=CC=C(OC3(C)C=C(C#N)C=C(F)C3)C21. The smallest absolute Gasteiger partial charge is 0.487 e. The summed E-state index contributed by atoms with van der Waals surface area (Å²) in [6.45, 7) is 6.22. The van der Waals surface area contributed by atoms with Crippen molar-refractivity contribution in [3.63, 3.8) is 0 Å². The van der Waals surface area contributed by atoms with Crippen LogP contribution in [-0.2, 0) is 19.3 Å². The number of aliphatic hydroxyl groups excluding tert-OH is 1. The zero-order valence-electron chi connectivity index (χ0n) is 19.9. The number of halogens is 4. The molecule has 0 aromatic heterocycles. The number of hydrogen-bond acceptors (Lipinski definition) is 7. The van der Waals surface area contributed by atoms with Gasteiger partial charge in [0.25, 0.3) is 9.84 Å². The van der Waals surface area contributed by atoms with E-state index in [1.807, 2.05) is 0 Å². The summed E-state index contributed by atoms with van der Waals surface area (Å²) >= 11 is 0. The molecule has 3 aliphatic rings. The van der Waals surface area contributed by atoms with E-state index in [4.69, 9.17) is 9.47 Å². The number of alkyl carbamates (subject to hydrolysis) is 1. The number of carbonyl (C=O) groups is 1. The number of aliphatic hydroxyl groups is 1. The van der Waals surface area contributed by atoms with Gasteiger partial charge in [-0.2, -0.15) is 18.4 Å². The number of hydrogen-bond donors (Lipinski definition) is 2. The summed E-state index contributed by atoms with van der Waals surface area (Å²) in [5, 5.41) is 22.4. The van der Waals surface area contributed by atoms with Crippen LogP contribution in [0.5, 0.6) is 0 Å². The predicted octanol–water partition coefficient (Wildman–Crippen LogP) is 4.08. The second-order valence-corrected chi connectivity index (χ2v) is 12.0. The van der Waals surface area contributed by atoms with E-state index in [0.717, 1.165) is 12.2 Å². The van der Waals surface area contributed by atoms with Gasteiger partial charge in [-0.15, -0.1) is 0 Å². The molecule has 36 heavy (non-hydrogen) atoms. The molecule has 0 saturated heterocycles. The minimum atomic E-state index is -5.83. The fraction of sp³-hybridized carbons (Fsp3) is 0.565. The maximum absolute atomic E-state index is 14.2. The molecule has 0 radical (unpaired) electrons. The highest BCUT2D eigenvalue weighted by atomic mass is 32.2. The number of alkyl halides is 3. The van der Waals surface area contributed by atoms with Gasteiger partial charge in [0.05, 0.1) is 22.7 Å². The molecule has 8 nitrogen and oxygen atoms in total. The lowest BCUT2D eigenvalue weighted by Crippen LogP contribution is -2.45. The molecule has 13 heteroatoms. The lowest BCUT2D eigenvalue weighted by atomic mass is 9.85. The Kier molecular flexibility index (Phi) is 7.11. The molecular weight excluding hydrogens is 508 g/mol. The third kappa shape index (κ3) is 5.59. The fourth-order valence-corrected chi connectivity index (χ4v) is 5.84. The van der Waals surface area contributed by atoms with Crippen LogP contribution in [0.3, 0.4) is 0 Å². The Hall–Kier alpha value is -2.85. The monoisotopic (exact) mass is 534 g/mol. The lowest BCUT2D eigenvalue weighted by Gasteiger charge is -2.38. The molecule has 5 atom stereocenters.